The zero-order valence-electron chi connectivity index (χ0n) is 7.07. The van der Waals surface area contributed by atoms with Crippen molar-refractivity contribution in [2.75, 3.05) is 7.11 Å². The molecule has 0 spiro atoms. The minimum absolute atomic E-state index is 0.874. The molecular weight excluding hydrogens is 203 g/mol. The third-order valence-electron chi connectivity index (χ3n) is 1.68. The number of halogens is 4. The summed E-state index contributed by atoms with van der Waals surface area (Å²) in [7, 11) is -0.255. The van der Waals surface area contributed by atoms with Crippen molar-refractivity contribution in [2.45, 2.75) is 0 Å². The van der Waals surface area contributed by atoms with E-state index in [1.807, 2.05) is 0 Å². The second-order valence-electron chi connectivity index (χ2n) is 2.43. The summed E-state index contributed by atoms with van der Waals surface area (Å²) in [6.07, 6.45) is 0. The molecule has 0 saturated heterocycles. The highest BCUT2D eigenvalue weighted by molar-refractivity contribution is 6.45. The van der Waals surface area contributed by atoms with Crippen molar-refractivity contribution >= 4 is 12.9 Å². The number of ether oxygens (including phenoxy) is 1. The molecule has 1 rings (SSSR count). The lowest BCUT2D eigenvalue weighted by Crippen LogP contribution is -2.26. The van der Waals surface area contributed by atoms with Gasteiger partial charge in [-0.15, -0.1) is 0 Å². The SMILES string of the molecule is COc1c(F)c(F)c(BO)c(F)c1F. The zero-order valence-corrected chi connectivity index (χ0v) is 7.07. The van der Waals surface area contributed by atoms with Gasteiger partial charge in [0.1, 0.15) is 0 Å². The normalized spacial score (nSPS) is 10.1. The van der Waals surface area contributed by atoms with Crippen LogP contribution >= 0.6 is 0 Å². The van der Waals surface area contributed by atoms with Gasteiger partial charge in [-0.05, 0) is 0 Å². The molecule has 0 heterocycles. The van der Waals surface area contributed by atoms with Crippen LogP contribution in [-0.4, -0.2) is 19.6 Å². The lowest BCUT2D eigenvalue weighted by Gasteiger charge is -2.08. The molecule has 1 aromatic rings. The van der Waals surface area contributed by atoms with Gasteiger partial charge >= 0.3 is 7.48 Å². The maximum atomic E-state index is 12.9. The number of rotatable bonds is 2. The van der Waals surface area contributed by atoms with E-state index in [1.54, 1.807) is 0 Å². The van der Waals surface area contributed by atoms with Crippen molar-refractivity contribution in [2.24, 2.45) is 0 Å². The van der Waals surface area contributed by atoms with Crippen molar-refractivity contribution < 1.29 is 27.3 Å². The maximum Gasteiger partial charge on any atom is 0.311 e. The lowest BCUT2D eigenvalue weighted by atomic mass is 9.87. The van der Waals surface area contributed by atoms with E-state index < -0.39 is 42.0 Å². The van der Waals surface area contributed by atoms with Crippen LogP contribution in [0.5, 0.6) is 5.75 Å². The van der Waals surface area contributed by atoms with Gasteiger partial charge in [-0.3, -0.25) is 0 Å². The summed E-state index contributed by atoms with van der Waals surface area (Å²) in [4.78, 5) is 0. The van der Waals surface area contributed by atoms with Gasteiger partial charge in [-0.1, -0.05) is 0 Å². The second kappa shape index (κ2) is 3.87. The van der Waals surface area contributed by atoms with Gasteiger partial charge < -0.3 is 9.76 Å². The minimum Gasteiger partial charge on any atom is -0.491 e. The monoisotopic (exact) mass is 208 g/mol. The highest BCUT2D eigenvalue weighted by Crippen LogP contribution is 2.24. The standard InChI is InChI=1S/C7H5BF4O2/c1-14-7-5(11)3(9)2(8-13)4(10)6(7)12/h8,13H,1H3. The first-order chi connectivity index (χ1) is 6.54. The number of hydrogen-bond acceptors (Lipinski definition) is 2. The second-order valence-corrected chi connectivity index (χ2v) is 2.43. The molecule has 0 aliphatic carbocycles. The summed E-state index contributed by atoms with van der Waals surface area (Å²) in [5.41, 5.74) is -1.05. The first-order valence-electron chi connectivity index (χ1n) is 3.54. The quantitative estimate of drug-likeness (QED) is 0.428. The van der Waals surface area contributed by atoms with E-state index in [1.165, 1.54) is 0 Å². The molecule has 0 aliphatic heterocycles. The average Bonchev–Trinajstić information content (AvgIpc) is 2.17. The Balaban J connectivity index is 3.55. The number of benzene rings is 1. The van der Waals surface area contributed by atoms with Crippen molar-refractivity contribution in [3.8, 4) is 5.75 Å². The molecule has 0 fully saturated rings. The van der Waals surface area contributed by atoms with Crippen molar-refractivity contribution in [1.29, 1.82) is 0 Å². The van der Waals surface area contributed by atoms with Crippen LogP contribution in [0.2, 0.25) is 0 Å². The molecule has 0 radical (unpaired) electrons. The van der Waals surface area contributed by atoms with Crippen molar-refractivity contribution in [3.63, 3.8) is 0 Å². The number of hydrogen-bond donors (Lipinski definition) is 1. The van der Waals surface area contributed by atoms with Crippen molar-refractivity contribution in [3.05, 3.63) is 23.3 Å². The predicted octanol–water partition coefficient (Wildman–Crippen LogP) is 0.221. The van der Waals surface area contributed by atoms with Crippen molar-refractivity contribution in [1.82, 2.24) is 0 Å². The molecule has 2 nitrogen and oxygen atoms in total. The fraction of sp³-hybridized carbons (Fsp3) is 0.143. The Bertz CT molecular complexity index is 305. The summed E-state index contributed by atoms with van der Waals surface area (Å²) in [5, 5.41) is 8.46. The molecule has 76 valence electrons. The molecule has 0 amide bonds. The molecular formula is C7H5BF4O2. The predicted molar refractivity (Wildman–Crippen MR) is 41.8 cm³/mol. The molecule has 1 aromatic carbocycles. The smallest absolute Gasteiger partial charge is 0.311 e. The first-order valence-corrected chi connectivity index (χ1v) is 3.54. The summed E-state index contributed by atoms with van der Waals surface area (Å²) >= 11 is 0. The van der Waals surface area contributed by atoms with Crippen LogP contribution in [0, 0.1) is 23.3 Å². The van der Waals surface area contributed by atoms with E-state index >= 15 is 0 Å². The van der Waals surface area contributed by atoms with E-state index in [-0.39, 0.29) is 0 Å². The van der Waals surface area contributed by atoms with Crippen LogP contribution in [0.25, 0.3) is 0 Å². The Hall–Kier alpha value is -1.24. The first kappa shape index (κ1) is 10.8. The van der Waals surface area contributed by atoms with Gasteiger partial charge in [-0.2, -0.15) is 8.78 Å². The molecule has 0 aliphatic rings. The van der Waals surface area contributed by atoms with Crippen LogP contribution in [0.3, 0.4) is 0 Å². The lowest BCUT2D eigenvalue weighted by molar-refractivity contribution is 0.334. The van der Waals surface area contributed by atoms with E-state index in [0.717, 1.165) is 7.11 Å². The Morgan fingerprint density at radius 2 is 1.43 bits per heavy atom. The molecule has 0 bridgehead atoms. The maximum absolute atomic E-state index is 12.9. The van der Waals surface area contributed by atoms with Crippen LogP contribution in [0.1, 0.15) is 0 Å². The Morgan fingerprint density at radius 3 is 1.71 bits per heavy atom. The topological polar surface area (TPSA) is 29.5 Å². The number of methoxy groups -OCH3 is 1. The third kappa shape index (κ3) is 1.43. The van der Waals surface area contributed by atoms with Crippen LogP contribution in [0.4, 0.5) is 17.6 Å². The van der Waals surface area contributed by atoms with Crippen LogP contribution in [-0.2, 0) is 0 Å². The summed E-state index contributed by atoms with van der Waals surface area (Å²) < 4.78 is 55.6. The van der Waals surface area contributed by atoms with E-state index in [4.69, 9.17) is 5.02 Å². The molecule has 14 heavy (non-hydrogen) atoms. The van der Waals surface area contributed by atoms with Crippen LogP contribution < -0.4 is 10.2 Å². The highest BCUT2D eigenvalue weighted by atomic mass is 19.2. The third-order valence-corrected chi connectivity index (χ3v) is 1.68. The minimum atomic E-state index is -1.66. The Kier molecular flexibility index (Phi) is 3.00. The van der Waals surface area contributed by atoms with E-state index in [9.17, 15) is 17.6 Å². The van der Waals surface area contributed by atoms with E-state index in [2.05, 4.69) is 4.74 Å². The summed E-state index contributed by atoms with van der Waals surface area (Å²) in [6.45, 7) is 0. The molecule has 0 aromatic heterocycles. The fourth-order valence-corrected chi connectivity index (χ4v) is 0.975. The highest BCUT2D eigenvalue weighted by Gasteiger charge is 2.25. The van der Waals surface area contributed by atoms with E-state index in [0.29, 0.717) is 0 Å². The van der Waals surface area contributed by atoms with Gasteiger partial charge in [0.25, 0.3) is 0 Å². The Morgan fingerprint density at radius 1 is 1.00 bits per heavy atom. The van der Waals surface area contributed by atoms with Gasteiger partial charge in [0.15, 0.2) is 17.4 Å². The van der Waals surface area contributed by atoms with Gasteiger partial charge in [0.05, 0.1) is 7.11 Å². The van der Waals surface area contributed by atoms with Gasteiger partial charge in [0, 0.05) is 5.46 Å². The average molecular weight is 208 g/mol. The molecule has 0 unspecified atom stereocenters. The van der Waals surface area contributed by atoms with Gasteiger partial charge in [-0.25, -0.2) is 8.78 Å². The largest absolute Gasteiger partial charge is 0.491 e. The zero-order chi connectivity index (χ0) is 10.9. The van der Waals surface area contributed by atoms with Gasteiger partial charge in [0.2, 0.25) is 11.6 Å². The molecule has 0 atom stereocenters. The molecule has 1 N–H and O–H groups in total. The summed E-state index contributed by atoms with van der Waals surface area (Å²) in [5.74, 6) is -7.76. The Labute approximate surface area is 77.4 Å². The fourth-order valence-electron chi connectivity index (χ4n) is 0.975. The molecule has 0 saturated carbocycles. The molecule has 7 heteroatoms. The summed E-state index contributed by atoms with van der Waals surface area (Å²) in [6, 6.07) is 0. The van der Waals surface area contributed by atoms with Crippen LogP contribution in [0.15, 0.2) is 0 Å².